The zero-order valence-corrected chi connectivity index (χ0v) is 14.6. The van der Waals surface area contributed by atoms with Gasteiger partial charge in [-0.15, -0.1) is 0 Å². The van der Waals surface area contributed by atoms with Crippen molar-refractivity contribution in [3.05, 3.63) is 66.2 Å². The molecule has 0 unspecified atom stereocenters. The second kappa shape index (κ2) is 7.26. The highest BCUT2D eigenvalue weighted by Crippen LogP contribution is 2.29. The van der Waals surface area contributed by atoms with Crippen LogP contribution in [0.3, 0.4) is 0 Å². The Kier molecular flexibility index (Phi) is 4.89. The van der Waals surface area contributed by atoms with E-state index in [9.17, 15) is 4.79 Å². The summed E-state index contributed by atoms with van der Waals surface area (Å²) < 4.78 is 11.2. The molecule has 1 N–H and O–H groups in total. The summed E-state index contributed by atoms with van der Waals surface area (Å²) >= 11 is 0. The summed E-state index contributed by atoms with van der Waals surface area (Å²) in [4.78, 5) is 12.8. The molecule has 0 bridgehead atoms. The zero-order chi connectivity index (χ0) is 17.8. The van der Waals surface area contributed by atoms with Gasteiger partial charge in [0.25, 0.3) is 5.91 Å². The van der Waals surface area contributed by atoms with Gasteiger partial charge in [0, 0.05) is 0 Å². The molecule has 3 rings (SSSR count). The maximum absolute atomic E-state index is 12.8. The summed E-state index contributed by atoms with van der Waals surface area (Å²) in [6, 6.07) is 19.0. The average molecular weight is 335 g/mol. The number of nitrogens with one attached hydrogen (secondary N) is 1. The predicted octanol–water partition coefficient (Wildman–Crippen LogP) is 4.89. The lowest BCUT2D eigenvalue weighted by Crippen LogP contribution is -2.15. The van der Waals surface area contributed by atoms with Crippen molar-refractivity contribution >= 4 is 22.4 Å². The van der Waals surface area contributed by atoms with Gasteiger partial charge in [-0.25, -0.2) is 0 Å². The monoisotopic (exact) mass is 335 g/mol. The minimum atomic E-state index is -0.234. The van der Waals surface area contributed by atoms with Crippen LogP contribution in [0, 0.1) is 0 Å². The quantitative estimate of drug-likeness (QED) is 0.722. The molecule has 0 spiro atoms. The molecule has 3 aromatic rings. The van der Waals surface area contributed by atoms with Gasteiger partial charge in [0.2, 0.25) is 0 Å². The number of carbonyl (C=O) groups excluding carboxylic acids is 1. The van der Waals surface area contributed by atoms with Crippen LogP contribution in [-0.4, -0.2) is 19.1 Å². The van der Waals surface area contributed by atoms with Crippen molar-refractivity contribution < 1.29 is 14.3 Å². The summed E-state index contributed by atoms with van der Waals surface area (Å²) in [5, 5.41) is 4.94. The van der Waals surface area contributed by atoms with Crippen LogP contribution in [0.15, 0.2) is 60.7 Å². The lowest BCUT2D eigenvalue weighted by molar-refractivity contribution is 0.102. The number of ether oxygens (including phenoxy) is 2. The number of rotatable bonds is 5. The van der Waals surface area contributed by atoms with Crippen molar-refractivity contribution in [3.63, 3.8) is 0 Å². The van der Waals surface area contributed by atoms with Gasteiger partial charge in [-0.05, 0) is 48.9 Å². The van der Waals surface area contributed by atoms with E-state index in [1.807, 2.05) is 74.5 Å². The number of benzene rings is 3. The van der Waals surface area contributed by atoms with E-state index in [0.29, 0.717) is 22.7 Å². The molecule has 4 nitrogen and oxygen atoms in total. The van der Waals surface area contributed by atoms with Crippen LogP contribution < -0.4 is 14.8 Å². The molecule has 0 saturated carbocycles. The van der Waals surface area contributed by atoms with Crippen molar-refractivity contribution in [1.29, 1.82) is 0 Å². The van der Waals surface area contributed by atoms with Gasteiger partial charge >= 0.3 is 0 Å². The van der Waals surface area contributed by atoms with Gasteiger partial charge in [0.15, 0.2) is 0 Å². The van der Waals surface area contributed by atoms with Crippen molar-refractivity contribution in [3.8, 4) is 11.5 Å². The topological polar surface area (TPSA) is 47.6 Å². The highest BCUT2D eigenvalue weighted by atomic mass is 16.5. The highest BCUT2D eigenvalue weighted by molar-refractivity contribution is 6.09. The van der Waals surface area contributed by atoms with Crippen LogP contribution in [0.1, 0.15) is 24.2 Å². The Morgan fingerprint density at radius 2 is 1.56 bits per heavy atom. The number of carbonyl (C=O) groups is 1. The molecule has 0 aliphatic carbocycles. The fraction of sp³-hybridized carbons (Fsp3) is 0.190. The lowest BCUT2D eigenvalue weighted by atomic mass is 10.1. The van der Waals surface area contributed by atoms with Crippen molar-refractivity contribution in [1.82, 2.24) is 0 Å². The molecule has 3 aromatic carbocycles. The van der Waals surface area contributed by atoms with Gasteiger partial charge in [-0.3, -0.25) is 4.79 Å². The summed E-state index contributed by atoms with van der Waals surface area (Å²) in [5.41, 5.74) is 1.12. The molecule has 0 fully saturated rings. The van der Waals surface area contributed by atoms with E-state index in [0.717, 1.165) is 10.8 Å². The largest absolute Gasteiger partial charge is 0.496 e. The second-order valence-electron chi connectivity index (χ2n) is 6.02. The Balaban J connectivity index is 1.95. The second-order valence-corrected chi connectivity index (χ2v) is 6.02. The standard InChI is InChI=1S/C21H21NO3/c1-14(2)25-19-11-7-6-10-18(19)22-21(23)17-12-15-8-4-5-9-16(15)13-20(17)24-3/h4-14H,1-3H3,(H,22,23). The Bertz CT molecular complexity index is 903. The summed E-state index contributed by atoms with van der Waals surface area (Å²) in [6.45, 7) is 3.90. The Morgan fingerprint density at radius 1 is 0.920 bits per heavy atom. The van der Waals surface area contributed by atoms with Crippen LogP contribution >= 0.6 is 0 Å². The van der Waals surface area contributed by atoms with Crippen LogP contribution in [0.25, 0.3) is 10.8 Å². The number of hydrogen-bond donors (Lipinski definition) is 1. The van der Waals surface area contributed by atoms with Crippen LogP contribution in [0.5, 0.6) is 11.5 Å². The van der Waals surface area contributed by atoms with E-state index < -0.39 is 0 Å². The summed E-state index contributed by atoms with van der Waals surface area (Å²) in [7, 11) is 1.57. The lowest BCUT2D eigenvalue weighted by Gasteiger charge is -2.16. The molecule has 1 amide bonds. The number of anilines is 1. The molecule has 25 heavy (non-hydrogen) atoms. The smallest absolute Gasteiger partial charge is 0.259 e. The van der Waals surface area contributed by atoms with Crippen molar-refractivity contribution in [2.24, 2.45) is 0 Å². The number of amides is 1. The molecule has 0 saturated heterocycles. The van der Waals surface area contributed by atoms with Crippen molar-refractivity contribution in [2.75, 3.05) is 12.4 Å². The molecular weight excluding hydrogens is 314 g/mol. The number of fused-ring (bicyclic) bond motifs is 1. The Labute approximate surface area is 147 Å². The van der Waals surface area contributed by atoms with Gasteiger partial charge < -0.3 is 14.8 Å². The number of methoxy groups -OCH3 is 1. The first-order valence-electron chi connectivity index (χ1n) is 8.22. The van der Waals surface area contributed by atoms with Crippen LogP contribution in [0.2, 0.25) is 0 Å². The first-order chi connectivity index (χ1) is 12.1. The number of hydrogen-bond acceptors (Lipinski definition) is 3. The van der Waals surface area contributed by atoms with Crippen LogP contribution in [-0.2, 0) is 0 Å². The normalized spacial score (nSPS) is 10.7. The molecule has 0 radical (unpaired) electrons. The van der Waals surface area contributed by atoms with E-state index in [-0.39, 0.29) is 12.0 Å². The first-order valence-corrected chi connectivity index (χ1v) is 8.22. The van der Waals surface area contributed by atoms with E-state index >= 15 is 0 Å². The molecule has 0 heterocycles. The van der Waals surface area contributed by atoms with E-state index in [1.54, 1.807) is 7.11 Å². The molecule has 0 aliphatic heterocycles. The molecule has 0 atom stereocenters. The third-order valence-electron chi connectivity index (χ3n) is 3.81. The third-order valence-corrected chi connectivity index (χ3v) is 3.81. The zero-order valence-electron chi connectivity index (χ0n) is 14.6. The Hall–Kier alpha value is -3.01. The SMILES string of the molecule is COc1cc2ccccc2cc1C(=O)Nc1ccccc1OC(C)C. The highest BCUT2D eigenvalue weighted by Gasteiger charge is 2.16. The van der Waals surface area contributed by atoms with Gasteiger partial charge in [-0.2, -0.15) is 0 Å². The maximum atomic E-state index is 12.8. The molecule has 128 valence electrons. The van der Waals surface area contributed by atoms with E-state index in [1.165, 1.54) is 0 Å². The molecule has 4 heteroatoms. The predicted molar refractivity (Wildman–Crippen MR) is 101 cm³/mol. The van der Waals surface area contributed by atoms with Crippen molar-refractivity contribution in [2.45, 2.75) is 20.0 Å². The summed E-state index contributed by atoms with van der Waals surface area (Å²) in [5.74, 6) is 0.950. The minimum Gasteiger partial charge on any atom is -0.496 e. The van der Waals surface area contributed by atoms with E-state index in [4.69, 9.17) is 9.47 Å². The average Bonchev–Trinajstić information content (AvgIpc) is 2.61. The number of para-hydroxylation sites is 2. The van der Waals surface area contributed by atoms with Gasteiger partial charge in [0.1, 0.15) is 11.5 Å². The molecular formula is C21H21NO3. The van der Waals surface area contributed by atoms with Gasteiger partial charge in [-0.1, -0.05) is 36.4 Å². The fourth-order valence-electron chi connectivity index (χ4n) is 2.68. The first kappa shape index (κ1) is 16.8. The van der Waals surface area contributed by atoms with Crippen LogP contribution in [0.4, 0.5) is 5.69 Å². The van der Waals surface area contributed by atoms with Gasteiger partial charge in [0.05, 0.1) is 24.5 Å². The third kappa shape index (κ3) is 3.74. The summed E-state index contributed by atoms with van der Waals surface area (Å²) in [6.07, 6.45) is 0.0215. The molecule has 0 aliphatic rings. The molecule has 0 aromatic heterocycles. The Morgan fingerprint density at radius 3 is 2.24 bits per heavy atom. The fourth-order valence-corrected chi connectivity index (χ4v) is 2.68. The maximum Gasteiger partial charge on any atom is 0.259 e. The van der Waals surface area contributed by atoms with E-state index in [2.05, 4.69) is 5.32 Å². The minimum absolute atomic E-state index is 0.0215.